The number of fused-ring (bicyclic) bond motifs is 1. The number of hydrogen-bond donors (Lipinski definition) is 2. The average molecular weight is 240 g/mol. The average Bonchev–Trinajstić information content (AvgIpc) is 2.75. The van der Waals surface area contributed by atoms with Crippen LogP contribution in [-0.2, 0) is 0 Å². The van der Waals surface area contributed by atoms with Gasteiger partial charge in [0.2, 0.25) is 0 Å². The van der Waals surface area contributed by atoms with Gasteiger partial charge in [0.15, 0.2) is 0 Å². The fourth-order valence-electron chi connectivity index (χ4n) is 2.84. The van der Waals surface area contributed by atoms with Crippen LogP contribution < -0.4 is 11.1 Å². The van der Waals surface area contributed by atoms with Gasteiger partial charge in [-0.25, -0.2) is 0 Å². The first-order valence-corrected chi connectivity index (χ1v) is 6.75. The second-order valence-corrected chi connectivity index (χ2v) is 5.41. The molecular weight excluding hydrogens is 220 g/mol. The lowest BCUT2D eigenvalue weighted by Gasteiger charge is -2.19. The monoisotopic (exact) mass is 240 g/mol. The highest BCUT2D eigenvalue weighted by atomic mass is 15.0. The number of hydrogen-bond acceptors (Lipinski definition) is 2. The van der Waals surface area contributed by atoms with Crippen molar-refractivity contribution in [1.82, 2.24) is 0 Å². The molecule has 0 amide bonds. The van der Waals surface area contributed by atoms with E-state index in [1.807, 2.05) is 0 Å². The van der Waals surface area contributed by atoms with Gasteiger partial charge in [0, 0.05) is 17.8 Å². The highest BCUT2D eigenvalue weighted by molar-refractivity contribution is 5.86. The summed E-state index contributed by atoms with van der Waals surface area (Å²) < 4.78 is 0. The van der Waals surface area contributed by atoms with Crippen LogP contribution in [0.3, 0.4) is 0 Å². The number of nitrogens with one attached hydrogen (secondary N) is 1. The van der Waals surface area contributed by atoms with Gasteiger partial charge in [-0.2, -0.15) is 0 Å². The third-order valence-corrected chi connectivity index (χ3v) is 3.92. The summed E-state index contributed by atoms with van der Waals surface area (Å²) in [5, 5.41) is 6.16. The molecule has 0 heterocycles. The number of nitrogens with two attached hydrogens (primary N) is 1. The molecular formula is C16H20N2. The van der Waals surface area contributed by atoms with Crippen molar-refractivity contribution in [3.63, 3.8) is 0 Å². The summed E-state index contributed by atoms with van der Waals surface area (Å²) in [5.74, 6) is 0. The molecule has 0 radical (unpaired) electrons. The zero-order valence-corrected chi connectivity index (χ0v) is 10.8. The highest BCUT2D eigenvalue weighted by Gasteiger charge is 2.23. The van der Waals surface area contributed by atoms with Crippen LogP contribution in [0.4, 0.5) is 5.69 Å². The Bertz CT molecular complexity index is 562. The van der Waals surface area contributed by atoms with E-state index < -0.39 is 0 Å². The van der Waals surface area contributed by atoms with E-state index in [-0.39, 0.29) is 0 Å². The molecule has 1 aliphatic rings. The van der Waals surface area contributed by atoms with E-state index in [4.69, 9.17) is 5.73 Å². The van der Waals surface area contributed by atoms with Crippen LogP contribution >= 0.6 is 0 Å². The van der Waals surface area contributed by atoms with Gasteiger partial charge in [0.1, 0.15) is 0 Å². The summed E-state index contributed by atoms with van der Waals surface area (Å²) in [7, 11) is 0. The molecule has 2 atom stereocenters. The van der Waals surface area contributed by atoms with Crippen LogP contribution in [0.5, 0.6) is 0 Å². The Morgan fingerprint density at radius 1 is 1.06 bits per heavy atom. The van der Waals surface area contributed by atoms with Crippen molar-refractivity contribution in [2.75, 3.05) is 5.32 Å². The Labute approximate surface area is 108 Å². The Morgan fingerprint density at radius 2 is 1.83 bits per heavy atom. The molecule has 3 N–H and O–H groups in total. The largest absolute Gasteiger partial charge is 0.381 e. The lowest BCUT2D eigenvalue weighted by atomic mass is 10.1. The number of benzene rings is 2. The zero-order valence-electron chi connectivity index (χ0n) is 10.8. The van der Waals surface area contributed by atoms with E-state index in [1.165, 1.54) is 34.9 Å². The molecule has 1 saturated carbocycles. The van der Waals surface area contributed by atoms with Crippen LogP contribution in [-0.4, -0.2) is 12.1 Å². The minimum absolute atomic E-state index is 0.304. The van der Waals surface area contributed by atoms with Gasteiger partial charge >= 0.3 is 0 Å². The zero-order chi connectivity index (χ0) is 12.5. The quantitative estimate of drug-likeness (QED) is 0.844. The molecule has 0 saturated heterocycles. The van der Waals surface area contributed by atoms with Crippen LogP contribution in [0.25, 0.3) is 10.8 Å². The number of anilines is 1. The van der Waals surface area contributed by atoms with E-state index in [0.29, 0.717) is 12.1 Å². The second kappa shape index (κ2) is 4.62. The van der Waals surface area contributed by atoms with Gasteiger partial charge in [-0.05, 0) is 49.1 Å². The molecule has 18 heavy (non-hydrogen) atoms. The van der Waals surface area contributed by atoms with Gasteiger partial charge < -0.3 is 11.1 Å². The summed E-state index contributed by atoms with van der Waals surface area (Å²) in [6.45, 7) is 2.13. The third-order valence-electron chi connectivity index (χ3n) is 3.92. The summed E-state index contributed by atoms with van der Waals surface area (Å²) in [4.78, 5) is 0. The molecule has 2 heteroatoms. The molecule has 2 unspecified atom stereocenters. The fraction of sp³-hybridized carbons (Fsp3) is 0.375. The van der Waals surface area contributed by atoms with Crippen molar-refractivity contribution >= 4 is 16.5 Å². The topological polar surface area (TPSA) is 38.0 Å². The Balaban J connectivity index is 1.86. The molecule has 0 aromatic heterocycles. The van der Waals surface area contributed by atoms with Crippen LogP contribution in [0.1, 0.15) is 24.8 Å². The molecule has 2 aromatic carbocycles. The van der Waals surface area contributed by atoms with Crippen molar-refractivity contribution in [3.8, 4) is 0 Å². The van der Waals surface area contributed by atoms with Gasteiger partial charge in [-0.3, -0.25) is 0 Å². The maximum absolute atomic E-state index is 6.10. The predicted molar refractivity (Wildman–Crippen MR) is 77.9 cm³/mol. The van der Waals surface area contributed by atoms with Crippen LogP contribution in [0.2, 0.25) is 0 Å². The van der Waals surface area contributed by atoms with Crippen molar-refractivity contribution in [2.45, 2.75) is 38.3 Å². The molecule has 94 valence electrons. The Kier molecular flexibility index (Phi) is 2.96. The van der Waals surface area contributed by atoms with Gasteiger partial charge in [0.25, 0.3) is 0 Å². The van der Waals surface area contributed by atoms with Gasteiger partial charge in [-0.1, -0.05) is 29.8 Å². The highest BCUT2D eigenvalue weighted by Crippen LogP contribution is 2.25. The molecule has 1 fully saturated rings. The standard InChI is InChI=1S/C16H20N2/c1-11-5-6-13-10-14(8-7-12(13)9-11)18-16-4-2-3-15(16)17/h5-10,15-16,18H,2-4,17H2,1H3. The van der Waals surface area contributed by atoms with Crippen molar-refractivity contribution in [1.29, 1.82) is 0 Å². The molecule has 3 rings (SSSR count). The lowest BCUT2D eigenvalue weighted by molar-refractivity contribution is 0.638. The van der Waals surface area contributed by atoms with E-state index in [1.54, 1.807) is 0 Å². The van der Waals surface area contributed by atoms with E-state index >= 15 is 0 Å². The van der Waals surface area contributed by atoms with E-state index in [9.17, 15) is 0 Å². The van der Waals surface area contributed by atoms with Gasteiger partial charge in [0.05, 0.1) is 0 Å². The smallest absolute Gasteiger partial charge is 0.0412 e. The SMILES string of the molecule is Cc1ccc2cc(NC3CCCC3N)ccc2c1. The normalized spacial score (nSPS) is 23.4. The predicted octanol–water partition coefficient (Wildman–Crippen LogP) is 3.44. The maximum Gasteiger partial charge on any atom is 0.0412 e. The second-order valence-electron chi connectivity index (χ2n) is 5.41. The molecule has 1 aliphatic carbocycles. The number of aryl methyl sites for hydroxylation is 1. The summed E-state index contributed by atoms with van der Waals surface area (Å²) in [6.07, 6.45) is 3.57. The molecule has 0 aliphatic heterocycles. The van der Waals surface area contributed by atoms with E-state index in [0.717, 1.165) is 6.42 Å². The van der Waals surface area contributed by atoms with Crippen LogP contribution in [0, 0.1) is 6.92 Å². The molecule has 0 bridgehead atoms. The van der Waals surface area contributed by atoms with Crippen molar-refractivity contribution < 1.29 is 0 Å². The maximum atomic E-state index is 6.10. The summed E-state index contributed by atoms with van der Waals surface area (Å²) in [6, 6.07) is 13.9. The van der Waals surface area contributed by atoms with Crippen molar-refractivity contribution in [3.05, 3.63) is 42.0 Å². The number of rotatable bonds is 2. The third kappa shape index (κ3) is 2.21. The Morgan fingerprint density at radius 3 is 2.61 bits per heavy atom. The first-order chi connectivity index (χ1) is 8.72. The molecule has 2 aromatic rings. The minimum atomic E-state index is 0.304. The summed E-state index contributed by atoms with van der Waals surface area (Å²) in [5.41, 5.74) is 8.59. The Hall–Kier alpha value is -1.54. The van der Waals surface area contributed by atoms with Crippen LogP contribution in [0.15, 0.2) is 36.4 Å². The lowest BCUT2D eigenvalue weighted by Crippen LogP contribution is -2.35. The van der Waals surface area contributed by atoms with E-state index in [2.05, 4.69) is 48.6 Å². The minimum Gasteiger partial charge on any atom is -0.381 e. The van der Waals surface area contributed by atoms with Gasteiger partial charge in [-0.15, -0.1) is 0 Å². The first-order valence-electron chi connectivity index (χ1n) is 6.75. The molecule has 2 nitrogen and oxygen atoms in total. The fourth-order valence-corrected chi connectivity index (χ4v) is 2.84. The first kappa shape index (κ1) is 11.5. The molecule has 0 spiro atoms. The van der Waals surface area contributed by atoms with Crippen molar-refractivity contribution in [2.24, 2.45) is 5.73 Å². The summed E-state index contributed by atoms with van der Waals surface area (Å²) >= 11 is 0.